The Morgan fingerprint density at radius 3 is 2.55 bits per heavy atom. The molecule has 31 heavy (non-hydrogen) atoms. The van der Waals surface area contributed by atoms with E-state index in [4.69, 9.17) is 4.74 Å². The predicted octanol–water partition coefficient (Wildman–Crippen LogP) is 1.80. The van der Waals surface area contributed by atoms with Gasteiger partial charge in [-0.2, -0.15) is 0 Å². The average Bonchev–Trinajstić information content (AvgIpc) is 3.03. The number of nitrogens with zero attached hydrogens (tertiary/aromatic N) is 2. The van der Waals surface area contributed by atoms with Crippen LogP contribution in [0.2, 0.25) is 0 Å². The zero-order chi connectivity index (χ0) is 21.8. The molecule has 4 aliphatic heterocycles. The van der Waals surface area contributed by atoms with Crippen LogP contribution in [0, 0.1) is 11.2 Å². The fraction of sp³-hybridized carbons (Fsp3) is 0.609. The van der Waals surface area contributed by atoms with Crippen molar-refractivity contribution in [3.05, 3.63) is 34.6 Å². The summed E-state index contributed by atoms with van der Waals surface area (Å²) in [6.07, 6.45) is 2.35. The van der Waals surface area contributed by atoms with Gasteiger partial charge < -0.3 is 14.5 Å². The summed E-state index contributed by atoms with van der Waals surface area (Å²) in [5, 5.41) is 2.32. The minimum absolute atomic E-state index is 0.195. The van der Waals surface area contributed by atoms with Crippen molar-refractivity contribution in [1.82, 2.24) is 15.1 Å². The number of carbonyl (C=O) groups is 3. The summed E-state index contributed by atoms with van der Waals surface area (Å²) in [5.41, 5.74) is 2.34. The summed E-state index contributed by atoms with van der Waals surface area (Å²) in [5.74, 6) is -1.29. The Hall–Kier alpha value is -2.32. The van der Waals surface area contributed by atoms with E-state index in [1.54, 1.807) is 6.07 Å². The lowest BCUT2D eigenvalue weighted by Crippen LogP contribution is -2.52. The number of likely N-dealkylation sites (tertiary alicyclic amines) is 1. The maximum atomic E-state index is 14.5. The van der Waals surface area contributed by atoms with Gasteiger partial charge in [-0.05, 0) is 61.5 Å². The third kappa shape index (κ3) is 3.76. The largest absolute Gasteiger partial charge is 0.380 e. The van der Waals surface area contributed by atoms with E-state index >= 15 is 0 Å². The molecule has 1 atom stereocenters. The second-order valence-electron chi connectivity index (χ2n) is 9.77. The lowest BCUT2D eigenvalue weighted by molar-refractivity contribution is -0.136. The van der Waals surface area contributed by atoms with Crippen LogP contribution in [0.15, 0.2) is 12.1 Å². The molecule has 3 saturated heterocycles. The number of halogens is 1. The van der Waals surface area contributed by atoms with Crippen molar-refractivity contribution >= 4 is 17.7 Å². The number of piperidine rings is 2. The lowest BCUT2D eigenvalue weighted by atomic mass is 9.83. The first-order valence-electron chi connectivity index (χ1n) is 11.1. The molecule has 0 bridgehead atoms. The number of amides is 3. The van der Waals surface area contributed by atoms with Crippen molar-refractivity contribution in [2.24, 2.45) is 5.41 Å². The van der Waals surface area contributed by atoms with Crippen LogP contribution in [-0.4, -0.2) is 66.4 Å². The number of carbonyl (C=O) groups excluding carboxylic acids is 3. The maximum absolute atomic E-state index is 14.5. The molecule has 1 unspecified atom stereocenters. The molecule has 0 aromatic heterocycles. The van der Waals surface area contributed by atoms with Crippen LogP contribution >= 0.6 is 0 Å². The number of hydrogen-bond donors (Lipinski definition) is 1. The highest BCUT2D eigenvalue weighted by Crippen LogP contribution is 2.38. The molecular formula is C23H28FN3O4. The molecule has 0 spiro atoms. The minimum atomic E-state index is -0.680. The van der Waals surface area contributed by atoms with Crippen LogP contribution in [-0.2, 0) is 20.9 Å². The standard InChI is InChI=1S/C23H28FN3O4/c1-23(12-31-13-23)11-26-6-4-14(5-7-26)16-8-15(24)9-17-18(16)10-27(22(17)30)19-2-3-20(28)25-21(19)29/h8-9,14,19H,2-7,10-13H2,1H3,(H,25,28,29). The second kappa shape index (κ2) is 7.67. The number of rotatable bonds is 4. The average molecular weight is 429 g/mol. The van der Waals surface area contributed by atoms with E-state index in [0.29, 0.717) is 18.5 Å². The van der Waals surface area contributed by atoms with E-state index in [1.807, 2.05) is 0 Å². The molecule has 3 amide bonds. The predicted molar refractivity (Wildman–Crippen MR) is 110 cm³/mol. The summed E-state index contributed by atoms with van der Waals surface area (Å²) in [4.78, 5) is 40.8. The Kier molecular flexibility index (Phi) is 5.09. The Bertz CT molecular complexity index is 937. The van der Waals surface area contributed by atoms with Gasteiger partial charge in [0.05, 0.1) is 13.2 Å². The quantitative estimate of drug-likeness (QED) is 0.739. The van der Waals surface area contributed by atoms with Gasteiger partial charge in [-0.25, -0.2) is 4.39 Å². The molecule has 0 radical (unpaired) electrons. The molecule has 166 valence electrons. The molecule has 1 N–H and O–H groups in total. The molecule has 0 aliphatic carbocycles. The molecule has 5 rings (SSSR count). The van der Waals surface area contributed by atoms with Gasteiger partial charge in [-0.1, -0.05) is 6.92 Å². The van der Waals surface area contributed by atoms with Crippen LogP contribution in [0.4, 0.5) is 4.39 Å². The van der Waals surface area contributed by atoms with Crippen molar-refractivity contribution in [3.8, 4) is 0 Å². The first kappa shape index (κ1) is 20.6. The van der Waals surface area contributed by atoms with Gasteiger partial charge in [0, 0.05) is 30.5 Å². The smallest absolute Gasteiger partial charge is 0.255 e. The highest BCUT2D eigenvalue weighted by molar-refractivity contribution is 6.05. The zero-order valence-electron chi connectivity index (χ0n) is 17.8. The molecule has 3 fully saturated rings. The van der Waals surface area contributed by atoms with Crippen molar-refractivity contribution in [3.63, 3.8) is 0 Å². The molecule has 1 aromatic carbocycles. The first-order valence-corrected chi connectivity index (χ1v) is 11.1. The van der Waals surface area contributed by atoms with Crippen molar-refractivity contribution in [2.45, 2.75) is 51.1 Å². The first-order chi connectivity index (χ1) is 14.8. The maximum Gasteiger partial charge on any atom is 0.255 e. The molecule has 7 nitrogen and oxygen atoms in total. The van der Waals surface area contributed by atoms with Crippen LogP contribution in [0.5, 0.6) is 0 Å². The van der Waals surface area contributed by atoms with E-state index < -0.39 is 17.8 Å². The molecular weight excluding hydrogens is 401 g/mol. The monoisotopic (exact) mass is 429 g/mol. The van der Waals surface area contributed by atoms with Gasteiger partial charge in [-0.15, -0.1) is 0 Å². The second-order valence-corrected chi connectivity index (χ2v) is 9.77. The van der Waals surface area contributed by atoms with Crippen LogP contribution in [0.25, 0.3) is 0 Å². The van der Waals surface area contributed by atoms with Gasteiger partial charge in [0.15, 0.2) is 0 Å². The number of fused-ring (bicyclic) bond motifs is 1. The Balaban J connectivity index is 1.32. The van der Waals surface area contributed by atoms with E-state index in [2.05, 4.69) is 17.1 Å². The summed E-state index contributed by atoms with van der Waals surface area (Å²) in [7, 11) is 0. The highest BCUT2D eigenvalue weighted by atomic mass is 19.1. The van der Waals surface area contributed by atoms with E-state index in [1.165, 1.54) is 11.0 Å². The fourth-order valence-corrected chi connectivity index (χ4v) is 5.50. The van der Waals surface area contributed by atoms with Crippen molar-refractivity contribution in [1.29, 1.82) is 0 Å². The van der Waals surface area contributed by atoms with Crippen LogP contribution in [0.3, 0.4) is 0 Å². The van der Waals surface area contributed by atoms with Gasteiger partial charge in [0.25, 0.3) is 5.91 Å². The highest BCUT2D eigenvalue weighted by Gasteiger charge is 2.41. The summed E-state index contributed by atoms with van der Waals surface area (Å²) >= 11 is 0. The summed E-state index contributed by atoms with van der Waals surface area (Å²) < 4.78 is 19.8. The van der Waals surface area contributed by atoms with Crippen LogP contribution < -0.4 is 5.32 Å². The summed E-state index contributed by atoms with van der Waals surface area (Å²) in [6.45, 7) is 7.06. The number of hydrogen-bond acceptors (Lipinski definition) is 5. The van der Waals surface area contributed by atoms with Crippen molar-refractivity contribution in [2.75, 3.05) is 32.8 Å². The molecule has 4 aliphatic rings. The Morgan fingerprint density at radius 2 is 1.90 bits per heavy atom. The van der Waals surface area contributed by atoms with Crippen molar-refractivity contribution < 1.29 is 23.5 Å². The molecule has 1 aromatic rings. The number of ether oxygens (including phenoxy) is 1. The molecule has 4 heterocycles. The van der Waals surface area contributed by atoms with E-state index in [-0.39, 0.29) is 29.6 Å². The Labute approximate surface area is 180 Å². The lowest BCUT2D eigenvalue weighted by Gasteiger charge is -2.44. The number of imide groups is 1. The summed E-state index contributed by atoms with van der Waals surface area (Å²) in [6, 6.07) is 2.18. The van der Waals surface area contributed by atoms with Gasteiger partial charge in [0.1, 0.15) is 11.9 Å². The normalized spacial score (nSPS) is 26.6. The van der Waals surface area contributed by atoms with Crippen LogP contribution in [0.1, 0.15) is 60.0 Å². The van der Waals surface area contributed by atoms with Gasteiger partial charge >= 0.3 is 0 Å². The van der Waals surface area contributed by atoms with Gasteiger partial charge in [-0.3, -0.25) is 19.7 Å². The number of nitrogens with one attached hydrogen (secondary N) is 1. The third-order valence-corrected chi connectivity index (χ3v) is 7.19. The van der Waals surface area contributed by atoms with Gasteiger partial charge in [0.2, 0.25) is 11.8 Å². The molecule has 8 heteroatoms. The van der Waals surface area contributed by atoms with E-state index in [9.17, 15) is 18.8 Å². The number of benzene rings is 1. The molecule has 0 saturated carbocycles. The SMILES string of the molecule is CC1(CN2CCC(c3cc(F)cc4c3CN(C3CCC(=O)NC3=O)C4=O)CC2)COC1. The minimum Gasteiger partial charge on any atom is -0.380 e. The van der Waals surface area contributed by atoms with E-state index in [0.717, 1.165) is 56.8 Å². The third-order valence-electron chi connectivity index (χ3n) is 7.19. The topological polar surface area (TPSA) is 79.0 Å². The zero-order valence-corrected chi connectivity index (χ0v) is 17.8. The Morgan fingerprint density at radius 1 is 1.16 bits per heavy atom. The fourth-order valence-electron chi connectivity index (χ4n) is 5.50.